The molecule has 0 atom stereocenters. The molecule has 0 radical (unpaired) electrons. The zero-order chi connectivity index (χ0) is 11.7. The minimum absolute atomic E-state index is 0.385. The number of nitrogen functional groups attached to an aromatic ring is 1. The molecule has 0 aliphatic heterocycles. The molecule has 0 fully saturated rings. The van der Waals surface area contributed by atoms with Crippen LogP contribution >= 0.6 is 15.9 Å². The largest absolute Gasteiger partial charge is 0.385 e. The molecule has 0 spiro atoms. The molecule has 16 heavy (non-hydrogen) atoms. The molecule has 2 rings (SSSR count). The third kappa shape index (κ3) is 1.87. The van der Waals surface area contributed by atoms with Crippen molar-refractivity contribution in [2.24, 2.45) is 0 Å². The lowest BCUT2D eigenvalue weighted by Crippen LogP contribution is -2.04. The Morgan fingerprint density at radius 2 is 1.81 bits per heavy atom. The van der Waals surface area contributed by atoms with Crippen molar-refractivity contribution in [3.63, 3.8) is 0 Å². The van der Waals surface area contributed by atoms with Crippen LogP contribution in [0.1, 0.15) is 19.9 Å². The first-order chi connectivity index (χ1) is 7.61. The summed E-state index contributed by atoms with van der Waals surface area (Å²) in [6.07, 6.45) is 2.04. The minimum Gasteiger partial charge on any atom is -0.385 e. The maximum absolute atomic E-state index is 6.15. The van der Waals surface area contributed by atoms with Crippen LogP contribution in [-0.2, 0) is 0 Å². The third-order valence-corrected chi connectivity index (χ3v) is 3.37. The van der Waals surface area contributed by atoms with Gasteiger partial charge in [0.15, 0.2) is 0 Å². The second-order valence-corrected chi connectivity index (χ2v) is 4.95. The molecular formula is C13H15BrN2. The summed E-state index contributed by atoms with van der Waals surface area (Å²) in [4.78, 5) is 0. The highest BCUT2D eigenvalue weighted by molar-refractivity contribution is 9.10. The monoisotopic (exact) mass is 278 g/mol. The number of aromatic nitrogens is 1. The van der Waals surface area contributed by atoms with Crippen LogP contribution in [0.3, 0.4) is 0 Å². The molecule has 1 aromatic carbocycles. The molecule has 0 saturated carbocycles. The van der Waals surface area contributed by atoms with E-state index >= 15 is 0 Å². The van der Waals surface area contributed by atoms with Gasteiger partial charge in [-0.25, -0.2) is 0 Å². The second kappa shape index (κ2) is 4.34. The highest BCUT2D eigenvalue weighted by Gasteiger charge is 2.11. The lowest BCUT2D eigenvalue weighted by Gasteiger charge is -2.11. The fourth-order valence-electron chi connectivity index (χ4n) is 1.82. The maximum atomic E-state index is 6.15. The average Bonchev–Trinajstić information content (AvgIpc) is 2.61. The van der Waals surface area contributed by atoms with Crippen molar-refractivity contribution in [2.45, 2.75) is 19.9 Å². The number of nitrogens with two attached hydrogens (primary N) is 1. The van der Waals surface area contributed by atoms with E-state index in [9.17, 15) is 0 Å². The lowest BCUT2D eigenvalue weighted by molar-refractivity contribution is 0.612. The van der Waals surface area contributed by atoms with Crippen molar-refractivity contribution >= 4 is 21.7 Å². The van der Waals surface area contributed by atoms with E-state index in [0.29, 0.717) is 6.04 Å². The number of benzene rings is 1. The quantitative estimate of drug-likeness (QED) is 0.882. The van der Waals surface area contributed by atoms with E-state index in [-0.39, 0.29) is 0 Å². The number of rotatable bonds is 2. The standard InChI is InChI=1S/C13H15BrN2/c1-9(2)16-8-7-11(13(16)15)10-5-3-4-6-12(10)14/h3-9H,15H2,1-2H3. The summed E-state index contributed by atoms with van der Waals surface area (Å²) in [5.74, 6) is 0.821. The number of hydrogen-bond acceptors (Lipinski definition) is 1. The molecule has 0 aliphatic carbocycles. The van der Waals surface area contributed by atoms with E-state index < -0.39 is 0 Å². The predicted molar refractivity (Wildman–Crippen MR) is 72.4 cm³/mol. The summed E-state index contributed by atoms with van der Waals surface area (Å²) in [7, 11) is 0. The summed E-state index contributed by atoms with van der Waals surface area (Å²) in [5.41, 5.74) is 8.37. The molecule has 3 heteroatoms. The van der Waals surface area contributed by atoms with Gasteiger partial charge in [-0.15, -0.1) is 0 Å². The van der Waals surface area contributed by atoms with Gasteiger partial charge < -0.3 is 10.3 Å². The first-order valence-electron chi connectivity index (χ1n) is 5.32. The molecule has 0 saturated heterocycles. The van der Waals surface area contributed by atoms with Crippen molar-refractivity contribution < 1.29 is 0 Å². The SMILES string of the molecule is CC(C)n1ccc(-c2ccccc2Br)c1N. The summed E-state index contributed by atoms with van der Waals surface area (Å²) < 4.78 is 3.15. The third-order valence-electron chi connectivity index (χ3n) is 2.68. The molecule has 1 heterocycles. The smallest absolute Gasteiger partial charge is 0.111 e. The Morgan fingerprint density at radius 1 is 1.12 bits per heavy atom. The summed E-state index contributed by atoms with van der Waals surface area (Å²) in [6, 6.07) is 10.6. The van der Waals surface area contributed by atoms with Gasteiger partial charge in [0.25, 0.3) is 0 Å². The average molecular weight is 279 g/mol. The van der Waals surface area contributed by atoms with Crippen LogP contribution in [0.4, 0.5) is 5.82 Å². The fourth-order valence-corrected chi connectivity index (χ4v) is 2.32. The molecular weight excluding hydrogens is 264 g/mol. The summed E-state index contributed by atoms with van der Waals surface area (Å²) >= 11 is 3.55. The van der Waals surface area contributed by atoms with Gasteiger partial charge in [0, 0.05) is 22.3 Å². The highest BCUT2D eigenvalue weighted by Crippen LogP contribution is 2.33. The number of nitrogens with zero attached hydrogens (tertiary/aromatic N) is 1. The lowest BCUT2D eigenvalue weighted by atomic mass is 10.1. The Kier molecular flexibility index (Phi) is 3.06. The number of anilines is 1. The van der Waals surface area contributed by atoms with Crippen molar-refractivity contribution in [3.05, 3.63) is 41.0 Å². The highest BCUT2D eigenvalue weighted by atomic mass is 79.9. The number of hydrogen-bond donors (Lipinski definition) is 1. The van der Waals surface area contributed by atoms with E-state index in [0.717, 1.165) is 21.4 Å². The van der Waals surface area contributed by atoms with E-state index in [1.165, 1.54) is 0 Å². The van der Waals surface area contributed by atoms with Gasteiger partial charge >= 0.3 is 0 Å². The van der Waals surface area contributed by atoms with Gasteiger partial charge in [-0.2, -0.15) is 0 Å². The van der Waals surface area contributed by atoms with Crippen LogP contribution in [0.2, 0.25) is 0 Å². The second-order valence-electron chi connectivity index (χ2n) is 4.10. The van der Waals surface area contributed by atoms with E-state index in [1.807, 2.05) is 24.4 Å². The Morgan fingerprint density at radius 3 is 2.38 bits per heavy atom. The van der Waals surface area contributed by atoms with Crippen LogP contribution in [-0.4, -0.2) is 4.57 Å². The molecule has 1 aromatic heterocycles. The molecule has 2 N–H and O–H groups in total. The predicted octanol–water partition coefficient (Wildman–Crippen LogP) is 4.08. The summed E-state index contributed by atoms with van der Waals surface area (Å²) in [5, 5.41) is 0. The van der Waals surface area contributed by atoms with Crippen LogP contribution in [0.15, 0.2) is 41.0 Å². The molecule has 84 valence electrons. The van der Waals surface area contributed by atoms with Crippen LogP contribution < -0.4 is 5.73 Å². The first-order valence-corrected chi connectivity index (χ1v) is 6.11. The molecule has 0 unspecified atom stereocenters. The van der Waals surface area contributed by atoms with Gasteiger partial charge in [0.1, 0.15) is 5.82 Å². The van der Waals surface area contributed by atoms with Crippen molar-refractivity contribution in [3.8, 4) is 11.1 Å². The van der Waals surface area contributed by atoms with Gasteiger partial charge in [-0.1, -0.05) is 34.1 Å². The van der Waals surface area contributed by atoms with E-state index in [1.54, 1.807) is 0 Å². The molecule has 2 nitrogen and oxygen atoms in total. The van der Waals surface area contributed by atoms with E-state index in [4.69, 9.17) is 5.73 Å². The first kappa shape index (κ1) is 11.3. The van der Waals surface area contributed by atoms with Gasteiger partial charge in [0.05, 0.1) is 0 Å². The van der Waals surface area contributed by atoms with Crippen LogP contribution in [0, 0.1) is 0 Å². The fraction of sp³-hybridized carbons (Fsp3) is 0.231. The van der Waals surface area contributed by atoms with Gasteiger partial charge in [-0.3, -0.25) is 0 Å². The van der Waals surface area contributed by atoms with E-state index in [2.05, 4.69) is 46.5 Å². The van der Waals surface area contributed by atoms with Gasteiger partial charge in [0.2, 0.25) is 0 Å². The Labute approximate surface area is 104 Å². The van der Waals surface area contributed by atoms with Gasteiger partial charge in [-0.05, 0) is 31.5 Å². The maximum Gasteiger partial charge on any atom is 0.111 e. The number of halogens is 1. The van der Waals surface area contributed by atoms with Crippen molar-refractivity contribution in [1.82, 2.24) is 4.57 Å². The van der Waals surface area contributed by atoms with Crippen LogP contribution in [0.5, 0.6) is 0 Å². The Hall–Kier alpha value is -1.22. The van der Waals surface area contributed by atoms with Crippen molar-refractivity contribution in [2.75, 3.05) is 5.73 Å². The zero-order valence-corrected chi connectivity index (χ0v) is 11.0. The molecule has 0 bridgehead atoms. The topological polar surface area (TPSA) is 30.9 Å². The molecule has 0 aliphatic rings. The summed E-state index contributed by atoms with van der Waals surface area (Å²) in [6.45, 7) is 4.25. The minimum atomic E-state index is 0.385. The molecule has 0 amide bonds. The van der Waals surface area contributed by atoms with Crippen LogP contribution in [0.25, 0.3) is 11.1 Å². The Balaban J connectivity index is 2.54. The zero-order valence-electron chi connectivity index (χ0n) is 9.44. The molecule has 2 aromatic rings. The Bertz CT molecular complexity index is 500. The van der Waals surface area contributed by atoms with Crippen molar-refractivity contribution in [1.29, 1.82) is 0 Å². The normalized spacial score (nSPS) is 11.0.